The van der Waals surface area contributed by atoms with Crippen LogP contribution in [0.25, 0.3) is 23.0 Å². The van der Waals surface area contributed by atoms with Crippen molar-refractivity contribution in [2.75, 3.05) is 0 Å². The summed E-state index contributed by atoms with van der Waals surface area (Å²) in [5.74, 6) is 1.37. The van der Waals surface area contributed by atoms with Crippen molar-refractivity contribution in [3.05, 3.63) is 57.8 Å². The van der Waals surface area contributed by atoms with Crippen LogP contribution in [-0.2, 0) is 11.2 Å². The molecule has 2 N–H and O–H groups in total. The Labute approximate surface area is 193 Å². The molecule has 0 spiro atoms. The van der Waals surface area contributed by atoms with Crippen LogP contribution < -0.4 is 5.56 Å². The van der Waals surface area contributed by atoms with Crippen molar-refractivity contribution in [2.24, 2.45) is 11.3 Å². The zero-order valence-electron chi connectivity index (χ0n) is 19.8. The number of benzene rings is 1. The van der Waals surface area contributed by atoms with Gasteiger partial charge in [-0.1, -0.05) is 52.0 Å². The van der Waals surface area contributed by atoms with Gasteiger partial charge in [0.15, 0.2) is 11.3 Å². The normalized spacial score (nSPS) is 19.4. The van der Waals surface area contributed by atoms with Crippen LogP contribution in [0.2, 0.25) is 0 Å². The first-order chi connectivity index (χ1) is 15.7. The van der Waals surface area contributed by atoms with Crippen molar-refractivity contribution in [2.45, 2.75) is 65.7 Å². The summed E-state index contributed by atoms with van der Waals surface area (Å²) in [5.41, 5.74) is 2.97. The van der Waals surface area contributed by atoms with E-state index in [-0.39, 0.29) is 5.56 Å². The number of carboxylic acids is 1. The van der Waals surface area contributed by atoms with Crippen LogP contribution in [0.3, 0.4) is 0 Å². The third kappa shape index (κ3) is 4.77. The first-order valence-electron chi connectivity index (χ1n) is 11.7. The van der Waals surface area contributed by atoms with Crippen LogP contribution in [-0.4, -0.2) is 30.7 Å². The van der Waals surface area contributed by atoms with Gasteiger partial charge in [-0.05, 0) is 55.1 Å². The number of carboxylic acid groups (broad SMARTS) is 1. The summed E-state index contributed by atoms with van der Waals surface area (Å²) in [6.45, 7) is 8.95. The van der Waals surface area contributed by atoms with E-state index in [0.29, 0.717) is 35.0 Å². The van der Waals surface area contributed by atoms with Gasteiger partial charge in [0.05, 0.1) is 5.69 Å². The quantitative estimate of drug-likeness (QED) is 0.531. The molecule has 2 heterocycles. The summed E-state index contributed by atoms with van der Waals surface area (Å²) < 4.78 is 1.77. The predicted octanol–water partition coefficient (Wildman–Crippen LogP) is 5.06. The third-order valence-electron chi connectivity index (χ3n) is 6.85. The van der Waals surface area contributed by atoms with Gasteiger partial charge in [0.2, 0.25) is 0 Å². The number of nitrogens with one attached hydrogen (secondary N) is 1. The molecular formula is C26H32N4O3. The zero-order valence-corrected chi connectivity index (χ0v) is 19.8. The highest BCUT2D eigenvalue weighted by atomic mass is 16.4. The van der Waals surface area contributed by atoms with E-state index in [2.05, 4.69) is 25.8 Å². The van der Waals surface area contributed by atoms with Crippen LogP contribution in [0.15, 0.2) is 35.1 Å². The van der Waals surface area contributed by atoms with E-state index in [4.69, 9.17) is 15.2 Å². The Morgan fingerprint density at radius 3 is 2.42 bits per heavy atom. The van der Waals surface area contributed by atoms with E-state index in [9.17, 15) is 9.59 Å². The van der Waals surface area contributed by atoms with Crippen LogP contribution in [0.4, 0.5) is 0 Å². The lowest BCUT2D eigenvalue weighted by Gasteiger charge is -2.36. The van der Waals surface area contributed by atoms with Gasteiger partial charge >= 0.3 is 5.97 Å². The summed E-state index contributed by atoms with van der Waals surface area (Å²) in [6, 6.07) is 7.27. The van der Waals surface area contributed by atoms with Crippen molar-refractivity contribution in [1.29, 1.82) is 0 Å². The molecule has 1 saturated carbocycles. The molecule has 0 saturated heterocycles. The summed E-state index contributed by atoms with van der Waals surface area (Å²) in [5, 5.41) is 13.6. The highest BCUT2D eigenvalue weighted by Gasteiger charge is 2.32. The number of aromatic nitrogens is 4. The highest BCUT2D eigenvalue weighted by molar-refractivity contribution is 5.85. The minimum absolute atomic E-state index is 0.186. The average molecular weight is 449 g/mol. The first kappa shape index (κ1) is 23.0. The molecular weight excluding hydrogens is 416 g/mol. The van der Waals surface area contributed by atoms with Crippen LogP contribution in [0.1, 0.15) is 76.4 Å². The van der Waals surface area contributed by atoms with Gasteiger partial charge in [-0.3, -0.25) is 4.79 Å². The first-order valence-corrected chi connectivity index (χ1v) is 11.7. The van der Waals surface area contributed by atoms with E-state index in [1.165, 1.54) is 6.08 Å². The molecule has 2 aromatic heterocycles. The van der Waals surface area contributed by atoms with Crippen molar-refractivity contribution >= 4 is 17.6 Å². The number of H-pyrrole nitrogens is 1. The number of carbonyl (C=O) groups is 1. The second-order valence-electron chi connectivity index (χ2n) is 10.0. The summed E-state index contributed by atoms with van der Waals surface area (Å²) >= 11 is 0. The number of fused-ring (bicyclic) bond motifs is 1. The maximum atomic E-state index is 13.0. The van der Waals surface area contributed by atoms with Crippen molar-refractivity contribution in [1.82, 2.24) is 19.6 Å². The van der Waals surface area contributed by atoms with E-state index in [1.807, 2.05) is 19.1 Å². The molecule has 4 rings (SSSR count). The van der Waals surface area contributed by atoms with Crippen LogP contribution in [0.5, 0.6) is 0 Å². The Morgan fingerprint density at radius 1 is 1.18 bits per heavy atom. The third-order valence-corrected chi connectivity index (χ3v) is 6.85. The van der Waals surface area contributed by atoms with Gasteiger partial charge in [0.1, 0.15) is 5.82 Å². The zero-order chi connectivity index (χ0) is 23.8. The standard InChI is InChI=1S/C26H32N4O3/c1-5-20-22-25(33)28-23(17-9-6-16(7-10-17)8-15-21(31)32)29-30(22)24(27-20)18-11-13-19(14-12-18)26(2,3)4/h6-10,15,18-19H,5,11-14H2,1-4H3,(H,31,32)(H,28,29,33)/t18-,19+. The molecule has 3 aromatic rings. The fourth-order valence-corrected chi connectivity index (χ4v) is 4.87. The van der Waals surface area contributed by atoms with Gasteiger partial charge in [0.25, 0.3) is 5.56 Å². The summed E-state index contributed by atoms with van der Waals surface area (Å²) in [7, 11) is 0. The van der Waals surface area contributed by atoms with Gasteiger partial charge in [0, 0.05) is 17.6 Å². The van der Waals surface area contributed by atoms with E-state index in [0.717, 1.165) is 54.4 Å². The number of hydrogen-bond donors (Lipinski definition) is 2. The fraction of sp³-hybridized carbons (Fsp3) is 0.462. The van der Waals surface area contributed by atoms with Gasteiger partial charge in [-0.25, -0.2) is 14.3 Å². The number of aliphatic carboxylic acids is 1. The maximum Gasteiger partial charge on any atom is 0.328 e. The maximum absolute atomic E-state index is 13.0. The molecule has 1 aliphatic rings. The lowest BCUT2D eigenvalue weighted by atomic mass is 9.70. The molecule has 174 valence electrons. The Kier molecular flexibility index (Phi) is 6.23. The molecule has 0 unspecified atom stereocenters. The number of hydrogen-bond acceptors (Lipinski definition) is 4. The molecule has 0 amide bonds. The molecule has 0 atom stereocenters. The Morgan fingerprint density at radius 2 is 1.85 bits per heavy atom. The van der Waals surface area contributed by atoms with Crippen LogP contribution in [0, 0.1) is 11.3 Å². The van der Waals surface area contributed by atoms with Gasteiger partial charge in [-0.15, -0.1) is 5.10 Å². The van der Waals surface area contributed by atoms with Gasteiger partial charge < -0.3 is 10.1 Å². The van der Waals surface area contributed by atoms with Crippen molar-refractivity contribution in [3.63, 3.8) is 0 Å². The Balaban J connectivity index is 1.70. The number of imidazole rings is 1. The van der Waals surface area contributed by atoms with E-state index >= 15 is 0 Å². The molecule has 0 radical (unpaired) electrons. The Hall–Kier alpha value is -3.22. The van der Waals surface area contributed by atoms with Crippen molar-refractivity contribution < 1.29 is 9.90 Å². The fourth-order valence-electron chi connectivity index (χ4n) is 4.87. The summed E-state index contributed by atoms with van der Waals surface area (Å²) in [6.07, 6.45) is 7.73. The molecule has 33 heavy (non-hydrogen) atoms. The molecule has 7 nitrogen and oxygen atoms in total. The minimum atomic E-state index is -0.994. The number of aryl methyl sites for hydroxylation is 1. The highest BCUT2D eigenvalue weighted by Crippen LogP contribution is 2.43. The molecule has 1 aromatic carbocycles. The number of nitrogens with zero attached hydrogens (tertiary/aromatic N) is 3. The lowest BCUT2D eigenvalue weighted by molar-refractivity contribution is -0.131. The molecule has 7 heteroatoms. The van der Waals surface area contributed by atoms with Crippen LogP contribution >= 0.6 is 0 Å². The topological polar surface area (TPSA) is 100 Å². The molecule has 0 bridgehead atoms. The minimum Gasteiger partial charge on any atom is -0.478 e. The second kappa shape index (κ2) is 8.96. The number of rotatable bonds is 5. The second-order valence-corrected chi connectivity index (χ2v) is 10.0. The SMILES string of the molecule is CCc1nc([C@H]2CC[C@@H](C(C)(C)C)CC2)n2nc(-c3ccc(C=CC(=O)O)cc3)[nH]c(=O)c12. The molecule has 1 aliphatic carbocycles. The van der Waals surface area contributed by atoms with Crippen molar-refractivity contribution in [3.8, 4) is 11.4 Å². The van der Waals surface area contributed by atoms with E-state index in [1.54, 1.807) is 16.6 Å². The average Bonchev–Trinajstić information content (AvgIpc) is 3.17. The number of aromatic amines is 1. The summed E-state index contributed by atoms with van der Waals surface area (Å²) in [4.78, 5) is 31.6. The Bertz CT molecular complexity index is 1240. The lowest BCUT2D eigenvalue weighted by Crippen LogP contribution is -2.26. The van der Waals surface area contributed by atoms with E-state index < -0.39 is 5.97 Å². The monoisotopic (exact) mass is 448 g/mol. The largest absolute Gasteiger partial charge is 0.478 e. The molecule has 0 aliphatic heterocycles. The van der Waals surface area contributed by atoms with Gasteiger partial charge in [-0.2, -0.15) is 0 Å². The predicted molar refractivity (Wildman–Crippen MR) is 129 cm³/mol. The molecule has 1 fully saturated rings. The smallest absolute Gasteiger partial charge is 0.328 e.